The molecule has 0 amide bonds. The lowest BCUT2D eigenvalue weighted by atomic mass is 9.74. The maximum atomic E-state index is 13.2. The van der Waals surface area contributed by atoms with E-state index in [1.54, 1.807) is 23.1 Å². The van der Waals surface area contributed by atoms with E-state index in [-0.39, 0.29) is 11.2 Å². The van der Waals surface area contributed by atoms with E-state index in [1.807, 2.05) is 6.20 Å². The molecule has 0 fully saturated rings. The van der Waals surface area contributed by atoms with Gasteiger partial charge in [0, 0.05) is 28.6 Å². The highest BCUT2D eigenvalue weighted by Gasteiger charge is 2.40. The summed E-state index contributed by atoms with van der Waals surface area (Å²) in [6.45, 7) is 4.39. The first kappa shape index (κ1) is 24.9. The molecule has 1 aliphatic carbocycles. The van der Waals surface area contributed by atoms with Gasteiger partial charge in [0.2, 0.25) is 0 Å². The molecule has 0 aliphatic heterocycles. The number of carbonyl (C=O) groups is 1. The number of hydrogen-bond acceptors (Lipinski definition) is 4. The van der Waals surface area contributed by atoms with Crippen molar-refractivity contribution in [2.45, 2.75) is 36.4 Å². The van der Waals surface area contributed by atoms with Crippen molar-refractivity contribution in [1.82, 2.24) is 9.78 Å². The second-order valence-electron chi connectivity index (χ2n) is 10.7. The smallest absolute Gasteiger partial charge is 0.165 e. The Kier molecular flexibility index (Phi) is 6.37. The summed E-state index contributed by atoms with van der Waals surface area (Å²) in [4.78, 5) is 14.4. The molecular weight excluding hydrogens is 505 g/mol. The molecule has 3 aromatic carbocycles. The normalized spacial score (nSPS) is 14.9. The fourth-order valence-electron chi connectivity index (χ4n) is 5.89. The summed E-state index contributed by atoms with van der Waals surface area (Å²) in [6.07, 6.45) is 7.72. The van der Waals surface area contributed by atoms with E-state index >= 15 is 0 Å². The van der Waals surface area contributed by atoms with E-state index in [4.69, 9.17) is 5.10 Å². The van der Waals surface area contributed by atoms with Crippen molar-refractivity contribution >= 4 is 28.9 Å². The van der Waals surface area contributed by atoms with Crippen LogP contribution in [-0.4, -0.2) is 21.8 Å². The van der Waals surface area contributed by atoms with Gasteiger partial charge >= 0.3 is 0 Å². The molecule has 0 unspecified atom stereocenters. The first-order chi connectivity index (χ1) is 18.4. The summed E-state index contributed by atoms with van der Waals surface area (Å²) in [5.41, 5.74) is 5.90. The molecule has 0 N–H and O–H groups in total. The number of aromatic nitrogens is 2. The van der Waals surface area contributed by atoms with Gasteiger partial charge < -0.3 is 0 Å². The minimum absolute atomic E-state index is 0.0482. The van der Waals surface area contributed by atoms with Crippen LogP contribution in [0.5, 0.6) is 0 Å². The Morgan fingerprint density at radius 3 is 1.87 bits per heavy atom. The number of carbonyl (C=O) groups excluding carboxylic acids is 1. The maximum absolute atomic E-state index is 13.2. The zero-order chi connectivity index (χ0) is 26.3. The molecule has 190 valence electrons. The lowest BCUT2D eigenvalue weighted by Gasteiger charge is -2.36. The van der Waals surface area contributed by atoms with E-state index in [0.717, 1.165) is 38.4 Å². The van der Waals surface area contributed by atoms with Gasteiger partial charge in [0.25, 0.3) is 0 Å². The topological polar surface area (TPSA) is 34.9 Å². The third kappa shape index (κ3) is 4.05. The number of rotatable bonds is 6. The average Bonchev–Trinajstić information content (AvgIpc) is 3.56. The van der Waals surface area contributed by atoms with Gasteiger partial charge in [-0.05, 0) is 40.3 Å². The van der Waals surface area contributed by atoms with Gasteiger partial charge in [-0.3, -0.25) is 9.48 Å². The lowest BCUT2D eigenvalue weighted by molar-refractivity contribution is 0.0910. The van der Waals surface area contributed by atoms with Crippen LogP contribution in [-0.2, 0) is 12.0 Å². The van der Waals surface area contributed by atoms with Crippen LogP contribution in [0.3, 0.4) is 0 Å². The van der Waals surface area contributed by atoms with Crippen LogP contribution < -0.4 is 0 Å². The molecule has 38 heavy (non-hydrogen) atoms. The van der Waals surface area contributed by atoms with E-state index in [2.05, 4.69) is 122 Å². The molecule has 6 rings (SSSR count). The second-order valence-corrected chi connectivity index (χ2v) is 12.8. The highest BCUT2D eigenvalue weighted by Crippen LogP contribution is 2.49. The van der Waals surface area contributed by atoms with Gasteiger partial charge in [0.15, 0.2) is 5.78 Å². The first-order valence-electron chi connectivity index (χ1n) is 12.9. The minimum Gasteiger partial charge on any atom is -0.294 e. The molecule has 0 radical (unpaired) electrons. The molecule has 0 saturated heterocycles. The van der Waals surface area contributed by atoms with Crippen LogP contribution in [0.4, 0.5) is 0 Å². The van der Waals surface area contributed by atoms with Crippen molar-refractivity contribution in [1.29, 1.82) is 0 Å². The van der Waals surface area contributed by atoms with Crippen LogP contribution in [0.15, 0.2) is 108 Å². The van der Waals surface area contributed by atoms with Crippen molar-refractivity contribution in [3.8, 4) is 10.4 Å². The average molecular weight is 535 g/mol. The number of hydrogen-bond donors (Lipinski definition) is 0. The highest BCUT2D eigenvalue weighted by atomic mass is 32.2. The number of fused-ring (bicyclic) bond motifs is 1. The Bertz CT molecular complexity index is 1490. The highest BCUT2D eigenvalue weighted by molar-refractivity contribution is 8.00. The van der Waals surface area contributed by atoms with Crippen molar-refractivity contribution in [2.24, 2.45) is 5.41 Å². The molecule has 5 heteroatoms. The Balaban J connectivity index is 1.60. The van der Waals surface area contributed by atoms with Crippen LogP contribution in [0.25, 0.3) is 10.4 Å². The molecule has 0 bridgehead atoms. The van der Waals surface area contributed by atoms with E-state index < -0.39 is 5.54 Å². The molecule has 0 spiro atoms. The van der Waals surface area contributed by atoms with Crippen LogP contribution in [0.2, 0.25) is 0 Å². The SMILES string of the molecule is CSc1sc(-c2cnn(C(c3ccccc3)(c3ccccc3)c3ccccc3)c2)c2c1C(=O)CC(C)(C)C2. The van der Waals surface area contributed by atoms with E-state index in [9.17, 15) is 4.79 Å². The number of thiophene rings is 1. The molecule has 0 saturated carbocycles. The predicted octanol–water partition coefficient (Wildman–Crippen LogP) is 8.33. The minimum atomic E-state index is -0.656. The Morgan fingerprint density at radius 1 is 0.842 bits per heavy atom. The number of ketones is 1. The van der Waals surface area contributed by atoms with Gasteiger partial charge in [-0.1, -0.05) is 105 Å². The predicted molar refractivity (Wildman–Crippen MR) is 158 cm³/mol. The van der Waals surface area contributed by atoms with Crippen molar-refractivity contribution in [3.63, 3.8) is 0 Å². The molecule has 1 aliphatic rings. The fourth-order valence-corrected chi connectivity index (χ4v) is 7.96. The molecular formula is C33H30N2OS2. The monoisotopic (exact) mass is 534 g/mol. The van der Waals surface area contributed by atoms with Gasteiger partial charge in [0.05, 0.1) is 10.4 Å². The van der Waals surface area contributed by atoms with Crippen LogP contribution in [0.1, 0.15) is 52.9 Å². The van der Waals surface area contributed by atoms with Crippen molar-refractivity contribution < 1.29 is 4.79 Å². The zero-order valence-electron chi connectivity index (χ0n) is 21.8. The van der Waals surface area contributed by atoms with Crippen molar-refractivity contribution in [3.05, 3.63) is 131 Å². The quantitative estimate of drug-likeness (QED) is 0.162. The lowest BCUT2D eigenvalue weighted by Crippen LogP contribution is -2.38. The summed E-state index contributed by atoms with van der Waals surface area (Å²) >= 11 is 3.41. The van der Waals surface area contributed by atoms with Gasteiger partial charge in [0.1, 0.15) is 5.54 Å². The number of nitrogens with zero attached hydrogens (tertiary/aromatic N) is 2. The molecule has 2 heterocycles. The van der Waals surface area contributed by atoms with Crippen LogP contribution in [0, 0.1) is 5.41 Å². The summed E-state index contributed by atoms with van der Waals surface area (Å²) in [6, 6.07) is 31.8. The largest absolute Gasteiger partial charge is 0.294 e. The van der Waals surface area contributed by atoms with Gasteiger partial charge in [-0.2, -0.15) is 5.10 Å². The standard InChI is InChI=1S/C33H30N2OS2/c1-32(2)19-27-29(28(36)20-32)31(37-3)38-30(27)23-21-34-35(22-23)33(24-13-7-4-8-14-24,25-15-9-5-10-16-25)26-17-11-6-12-18-26/h4-18,21-22H,19-20H2,1-3H3. The van der Waals surface area contributed by atoms with Crippen LogP contribution >= 0.6 is 23.1 Å². The molecule has 3 nitrogen and oxygen atoms in total. The van der Waals surface area contributed by atoms with Gasteiger partial charge in [-0.15, -0.1) is 23.1 Å². The third-order valence-electron chi connectivity index (χ3n) is 7.50. The zero-order valence-corrected chi connectivity index (χ0v) is 23.5. The van der Waals surface area contributed by atoms with E-state index in [1.165, 1.54) is 10.4 Å². The van der Waals surface area contributed by atoms with E-state index in [0.29, 0.717) is 6.42 Å². The summed E-state index contributed by atoms with van der Waals surface area (Å²) < 4.78 is 3.23. The maximum Gasteiger partial charge on any atom is 0.165 e. The third-order valence-corrected chi connectivity index (χ3v) is 9.90. The summed E-state index contributed by atoms with van der Waals surface area (Å²) in [5.74, 6) is 0.266. The molecule has 2 aromatic heterocycles. The Morgan fingerprint density at radius 2 is 1.37 bits per heavy atom. The van der Waals surface area contributed by atoms with Crippen molar-refractivity contribution in [2.75, 3.05) is 6.26 Å². The number of Topliss-reactive ketones (excluding diaryl/α,β-unsaturated/α-hetero) is 1. The first-order valence-corrected chi connectivity index (χ1v) is 14.9. The van der Waals surface area contributed by atoms with Gasteiger partial charge in [-0.25, -0.2) is 0 Å². The number of thioether (sulfide) groups is 1. The molecule has 0 atom stereocenters. The fraction of sp³-hybridized carbons (Fsp3) is 0.212. The summed E-state index contributed by atoms with van der Waals surface area (Å²) in [7, 11) is 0. The summed E-state index contributed by atoms with van der Waals surface area (Å²) in [5, 5.41) is 5.07. The number of benzene rings is 3. The Hall–Kier alpha value is -3.41. The molecule has 5 aromatic rings. The second kappa shape index (κ2) is 9.72. The Labute approximate surface area is 232 Å².